The van der Waals surface area contributed by atoms with E-state index in [0.29, 0.717) is 28.6 Å². The molecule has 1 aromatic heterocycles. The van der Waals surface area contributed by atoms with E-state index in [0.717, 1.165) is 4.68 Å². The first-order valence-electron chi connectivity index (χ1n) is 8.94. The van der Waals surface area contributed by atoms with Crippen LogP contribution in [0, 0.1) is 0 Å². The Kier molecular flexibility index (Phi) is 6.96. The lowest BCUT2D eigenvalue weighted by Crippen LogP contribution is -2.43. The predicted molar refractivity (Wildman–Crippen MR) is 111 cm³/mol. The van der Waals surface area contributed by atoms with Crippen molar-refractivity contribution >= 4 is 34.5 Å². The minimum atomic E-state index is -0.834. The van der Waals surface area contributed by atoms with Crippen LogP contribution in [0.5, 0.6) is 0 Å². The van der Waals surface area contributed by atoms with E-state index in [2.05, 4.69) is 15.6 Å². The Morgan fingerprint density at radius 2 is 1.86 bits per heavy atom. The van der Waals surface area contributed by atoms with Gasteiger partial charge in [0.15, 0.2) is 6.73 Å². The number of amides is 1. The zero-order valence-corrected chi connectivity index (χ0v) is 16.6. The molecule has 0 aliphatic carbocycles. The zero-order valence-electron chi connectivity index (χ0n) is 15.8. The van der Waals surface area contributed by atoms with E-state index in [1.54, 1.807) is 66.4 Å². The number of aromatic nitrogens is 3. The van der Waals surface area contributed by atoms with Crippen molar-refractivity contribution in [3.05, 3.63) is 70.5 Å². The van der Waals surface area contributed by atoms with E-state index < -0.39 is 17.6 Å². The van der Waals surface area contributed by atoms with Crippen LogP contribution in [0.15, 0.2) is 59.4 Å². The molecule has 0 spiro atoms. The minimum Gasteiger partial charge on any atom is -0.441 e. The van der Waals surface area contributed by atoms with E-state index in [4.69, 9.17) is 4.74 Å². The molecule has 0 radical (unpaired) electrons. The fourth-order valence-corrected chi connectivity index (χ4v) is 3.12. The van der Waals surface area contributed by atoms with Gasteiger partial charge in [-0.3, -0.25) is 9.59 Å². The third-order valence-electron chi connectivity index (χ3n) is 4.19. The van der Waals surface area contributed by atoms with Gasteiger partial charge in [-0.1, -0.05) is 35.5 Å². The first-order valence-corrected chi connectivity index (χ1v) is 10.3. The van der Waals surface area contributed by atoms with Gasteiger partial charge in [0.05, 0.1) is 5.39 Å². The van der Waals surface area contributed by atoms with Crippen molar-refractivity contribution in [2.45, 2.75) is 19.2 Å². The molecule has 0 fully saturated rings. The third kappa shape index (κ3) is 5.20. The molecule has 1 amide bonds. The van der Waals surface area contributed by atoms with E-state index in [1.807, 2.05) is 6.26 Å². The SMILES string of the molecule is CSCCC(NC(=O)c1ccccc1)C(=O)OCn1nnc2ccccc2c1=O. The standard InChI is InChI=1S/C20H20N4O4S/c1-29-12-11-17(21-18(25)14-7-3-2-4-8-14)20(27)28-13-24-19(26)15-9-5-6-10-16(15)22-23-24/h2-10,17H,11-13H2,1H3,(H,21,25). The maximum Gasteiger partial charge on any atom is 0.330 e. The van der Waals surface area contributed by atoms with Crippen molar-refractivity contribution in [2.24, 2.45) is 0 Å². The summed E-state index contributed by atoms with van der Waals surface area (Å²) in [6.07, 6.45) is 2.31. The molecule has 0 saturated carbocycles. The van der Waals surface area contributed by atoms with Gasteiger partial charge in [-0.2, -0.15) is 16.4 Å². The number of hydrogen-bond acceptors (Lipinski definition) is 7. The van der Waals surface area contributed by atoms with Gasteiger partial charge >= 0.3 is 5.97 Å². The fourth-order valence-electron chi connectivity index (χ4n) is 2.65. The van der Waals surface area contributed by atoms with Crippen LogP contribution in [0.4, 0.5) is 0 Å². The molecule has 29 heavy (non-hydrogen) atoms. The van der Waals surface area contributed by atoms with Gasteiger partial charge in [-0.25, -0.2) is 4.79 Å². The highest BCUT2D eigenvalue weighted by atomic mass is 32.2. The van der Waals surface area contributed by atoms with Gasteiger partial charge in [-0.15, -0.1) is 5.10 Å². The average molecular weight is 412 g/mol. The Bertz CT molecular complexity index is 1060. The summed E-state index contributed by atoms with van der Waals surface area (Å²) in [7, 11) is 0. The number of fused-ring (bicyclic) bond motifs is 1. The van der Waals surface area contributed by atoms with Crippen LogP contribution in [-0.2, 0) is 16.3 Å². The lowest BCUT2D eigenvalue weighted by Gasteiger charge is -2.17. The minimum absolute atomic E-state index is 0.365. The van der Waals surface area contributed by atoms with Crippen LogP contribution in [0.3, 0.4) is 0 Å². The summed E-state index contributed by atoms with van der Waals surface area (Å²) in [5.41, 5.74) is 0.511. The number of carbonyl (C=O) groups excluding carboxylic acids is 2. The second kappa shape index (κ2) is 9.83. The summed E-state index contributed by atoms with van der Waals surface area (Å²) >= 11 is 1.55. The molecule has 0 aliphatic heterocycles. The number of esters is 1. The van der Waals surface area contributed by atoms with Gasteiger partial charge < -0.3 is 10.1 Å². The van der Waals surface area contributed by atoms with Crippen molar-refractivity contribution in [3.63, 3.8) is 0 Å². The number of benzene rings is 2. The average Bonchev–Trinajstić information content (AvgIpc) is 2.76. The van der Waals surface area contributed by atoms with Crippen molar-refractivity contribution in [1.82, 2.24) is 20.3 Å². The molecule has 1 N–H and O–H groups in total. The van der Waals surface area contributed by atoms with Gasteiger partial charge in [0.1, 0.15) is 11.6 Å². The van der Waals surface area contributed by atoms with E-state index in [9.17, 15) is 14.4 Å². The summed E-state index contributed by atoms with van der Waals surface area (Å²) in [6.45, 7) is -0.382. The summed E-state index contributed by atoms with van der Waals surface area (Å²) in [5.74, 6) is -0.341. The smallest absolute Gasteiger partial charge is 0.330 e. The van der Waals surface area contributed by atoms with Crippen molar-refractivity contribution in [3.8, 4) is 0 Å². The summed E-state index contributed by atoms with van der Waals surface area (Å²) in [4.78, 5) is 37.4. The van der Waals surface area contributed by atoms with E-state index in [-0.39, 0.29) is 12.6 Å². The van der Waals surface area contributed by atoms with Crippen LogP contribution >= 0.6 is 11.8 Å². The van der Waals surface area contributed by atoms with Gasteiger partial charge in [0, 0.05) is 5.56 Å². The van der Waals surface area contributed by atoms with Gasteiger partial charge in [0.25, 0.3) is 11.5 Å². The van der Waals surface area contributed by atoms with Crippen LogP contribution in [-0.4, -0.2) is 44.9 Å². The van der Waals surface area contributed by atoms with Crippen molar-refractivity contribution in [2.75, 3.05) is 12.0 Å². The molecular weight excluding hydrogens is 392 g/mol. The number of thioether (sulfide) groups is 1. The Labute approximate surface area is 171 Å². The van der Waals surface area contributed by atoms with Crippen LogP contribution in [0.25, 0.3) is 10.9 Å². The zero-order chi connectivity index (χ0) is 20.6. The Hall–Kier alpha value is -3.20. The largest absolute Gasteiger partial charge is 0.441 e. The molecule has 0 saturated heterocycles. The third-order valence-corrected chi connectivity index (χ3v) is 4.84. The molecule has 1 unspecified atom stereocenters. The normalized spacial score (nSPS) is 11.8. The molecule has 2 aromatic carbocycles. The first kappa shape index (κ1) is 20.5. The van der Waals surface area contributed by atoms with Crippen LogP contribution < -0.4 is 10.9 Å². The molecule has 3 aromatic rings. The van der Waals surface area contributed by atoms with Crippen LogP contribution in [0.2, 0.25) is 0 Å². The second-order valence-corrected chi connectivity index (χ2v) is 7.16. The predicted octanol–water partition coefficient (Wildman–Crippen LogP) is 1.84. The summed E-state index contributed by atoms with van der Waals surface area (Å²) in [5, 5.41) is 10.8. The number of hydrogen-bond donors (Lipinski definition) is 1. The topological polar surface area (TPSA) is 103 Å². The first-order chi connectivity index (χ1) is 14.1. The van der Waals surface area contributed by atoms with Crippen LogP contribution in [0.1, 0.15) is 16.8 Å². The highest BCUT2D eigenvalue weighted by Gasteiger charge is 2.23. The van der Waals surface area contributed by atoms with Crippen molar-refractivity contribution in [1.29, 1.82) is 0 Å². The van der Waals surface area contributed by atoms with Gasteiger partial charge in [0.2, 0.25) is 0 Å². The molecule has 8 nitrogen and oxygen atoms in total. The number of carbonyl (C=O) groups is 2. The quantitative estimate of drug-likeness (QED) is 0.563. The number of nitrogens with zero attached hydrogens (tertiary/aromatic N) is 3. The maximum absolute atomic E-state index is 12.6. The van der Waals surface area contributed by atoms with Crippen molar-refractivity contribution < 1.29 is 14.3 Å². The Balaban J connectivity index is 1.69. The molecule has 1 heterocycles. The summed E-state index contributed by atoms with van der Waals surface area (Å²) in [6, 6.07) is 14.6. The lowest BCUT2D eigenvalue weighted by molar-refractivity contribution is -0.150. The number of rotatable bonds is 8. The summed E-state index contributed by atoms with van der Waals surface area (Å²) < 4.78 is 6.23. The van der Waals surface area contributed by atoms with Gasteiger partial charge in [-0.05, 0) is 42.7 Å². The highest BCUT2D eigenvalue weighted by molar-refractivity contribution is 7.98. The molecule has 0 bridgehead atoms. The number of ether oxygens (including phenoxy) is 1. The monoisotopic (exact) mass is 412 g/mol. The number of nitrogens with one attached hydrogen (secondary N) is 1. The van der Waals surface area contributed by atoms with E-state index >= 15 is 0 Å². The Morgan fingerprint density at radius 3 is 2.62 bits per heavy atom. The molecule has 3 rings (SSSR count). The fraction of sp³-hybridized carbons (Fsp3) is 0.250. The molecule has 9 heteroatoms. The molecule has 150 valence electrons. The van der Waals surface area contributed by atoms with E-state index in [1.165, 1.54) is 0 Å². The Morgan fingerprint density at radius 1 is 1.14 bits per heavy atom. The highest BCUT2D eigenvalue weighted by Crippen LogP contribution is 2.07. The lowest BCUT2D eigenvalue weighted by atomic mass is 10.1. The second-order valence-electron chi connectivity index (χ2n) is 6.18. The molecule has 1 atom stereocenters. The molecule has 0 aliphatic rings. The maximum atomic E-state index is 12.6. The molecular formula is C20H20N4O4S.